The van der Waals surface area contributed by atoms with Crippen LogP contribution in [0.4, 0.5) is 0 Å². The number of hydrogen-bond donors (Lipinski definition) is 0. The molecule has 22 heavy (non-hydrogen) atoms. The first-order valence-corrected chi connectivity index (χ1v) is 8.50. The maximum absolute atomic E-state index is 6.24. The zero-order valence-electron chi connectivity index (χ0n) is 12.9. The van der Waals surface area contributed by atoms with E-state index in [2.05, 4.69) is 31.2 Å². The van der Waals surface area contributed by atoms with Crippen molar-refractivity contribution in [1.29, 1.82) is 0 Å². The zero-order valence-corrected chi connectivity index (χ0v) is 14.4. The number of rotatable bonds is 3. The quantitative estimate of drug-likeness (QED) is 0.658. The molecule has 0 saturated heterocycles. The van der Waals surface area contributed by atoms with Crippen LogP contribution in [0.3, 0.4) is 0 Å². The molecule has 0 spiro atoms. The third-order valence-electron chi connectivity index (χ3n) is 4.73. The van der Waals surface area contributed by atoms with Gasteiger partial charge >= 0.3 is 0 Å². The summed E-state index contributed by atoms with van der Waals surface area (Å²) in [5.41, 5.74) is 3.93. The topological polar surface area (TPSA) is 9.23 Å². The van der Waals surface area contributed by atoms with Crippen LogP contribution in [0.25, 0.3) is 0 Å². The molecule has 0 fully saturated rings. The minimum Gasteiger partial charge on any atom is -0.496 e. The van der Waals surface area contributed by atoms with Crippen molar-refractivity contribution in [1.82, 2.24) is 0 Å². The van der Waals surface area contributed by atoms with Crippen molar-refractivity contribution in [3.05, 3.63) is 63.1 Å². The van der Waals surface area contributed by atoms with Crippen LogP contribution >= 0.6 is 23.2 Å². The van der Waals surface area contributed by atoms with Crippen LogP contribution in [0.15, 0.2) is 36.4 Å². The molecule has 0 aliphatic heterocycles. The highest BCUT2D eigenvalue weighted by molar-refractivity contribution is 6.42. The van der Waals surface area contributed by atoms with Crippen molar-refractivity contribution < 1.29 is 4.74 Å². The molecule has 0 amide bonds. The summed E-state index contributed by atoms with van der Waals surface area (Å²) < 4.78 is 5.63. The number of ether oxygens (including phenoxy) is 1. The van der Waals surface area contributed by atoms with Gasteiger partial charge in [-0.2, -0.15) is 0 Å². The van der Waals surface area contributed by atoms with Gasteiger partial charge in [0.15, 0.2) is 0 Å². The van der Waals surface area contributed by atoms with Gasteiger partial charge in [0.1, 0.15) is 5.75 Å². The molecule has 0 heterocycles. The van der Waals surface area contributed by atoms with Gasteiger partial charge in [-0.25, -0.2) is 0 Å². The maximum Gasteiger partial charge on any atom is 0.122 e. The Labute approximate surface area is 142 Å². The summed E-state index contributed by atoms with van der Waals surface area (Å²) in [6.45, 7) is 2.27. The summed E-state index contributed by atoms with van der Waals surface area (Å²) in [7, 11) is 1.74. The normalized spacial score (nSPS) is 20.5. The summed E-state index contributed by atoms with van der Waals surface area (Å²) in [6, 6.07) is 12.3. The zero-order chi connectivity index (χ0) is 15.7. The van der Waals surface area contributed by atoms with Crippen LogP contribution in [-0.4, -0.2) is 7.11 Å². The van der Waals surface area contributed by atoms with E-state index in [1.807, 2.05) is 12.1 Å². The minimum absolute atomic E-state index is 0.319. The third-order valence-corrected chi connectivity index (χ3v) is 5.46. The van der Waals surface area contributed by atoms with Gasteiger partial charge < -0.3 is 4.74 Å². The maximum atomic E-state index is 6.24. The fourth-order valence-corrected chi connectivity index (χ4v) is 3.84. The molecule has 2 atom stereocenters. The molecule has 0 unspecified atom stereocenters. The monoisotopic (exact) mass is 334 g/mol. The largest absolute Gasteiger partial charge is 0.496 e. The summed E-state index contributed by atoms with van der Waals surface area (Å²) in [5.74, 6) is 1.99. The molecule has 0 saturated carbocycles. The Balaban J connectivity index is 2.12. The second-order valence-corrected chi connectivity index (χ2v) is 6.79. The number of benzene rings is 2. The van der Waals surface area contributed by atoms with Gasteiger partial charge in [0.05, 0.1) is 17.2 Å². The van der Waals surface area contributed by atoms with E-state index in [0.717, 1.165) is 18.6 Å². The average Bonchev–Trinajstić information content (AvgIpc) is 2.55. The summed E-state index contributed by atoms with van der Waals surface area (Å²) in [4.78, 5) is 0. The standard InChI is InChI=1S/C19H20Cl2O/c1-3-12-9-14-5-4-6-18(22-2)19(14)15(10-12)13-7-8-16(20)17(21)11-13/h4-8,11-12,15H,3,9-10H2,1-2H3/t12-,15+/m1/s1. The average molecular weight is 335 g/mol. The van der Waals surface area contributed by atoms with Crippen LogP contribution in [0.2, 0.25) is 10.0 Å². The van der Waals surface area contributed by atoms with E-state index in [-0.39, 0.29) is 0 Å². The molecule has 0 radical (unpaired) electrons. The van der Waals surface area contributed by atoms with Gasteiger partial charge in [0, 0.05) is 11.5 Å². The first-order valence-electron chi connectivity index (χ1n) is 7.74. The van der Waals surface area contributed by atoms with Crippen molar-refractivity contribution in [2.75, 3.05) is 7.11 Å². The van der Waals surface area contributed by atoms with E-state index < -0.39 is 0 Å². The predicted molar refractivity (Wildman–Crippen MR) is 93.4 cm³/mol. The van der Waals surface area contributed by atoms with Crippen LogP contribution in [0, 0.1) is 5.92 Å². The van der Waals surface area contributed by atoms with Gasteiger partial charge in [-0.3, -0.25) is 0 Å². The van der Waals surface area contributed by atoms with Gasteiger partial charge in [-0.15, -0.1) is 0 Å². The van der Waals surface area contributed by atoms with E-state index in [1.54, 1.807) is 7.11 Å². The second-order valence-electron chi connectivity index (χ2n) is 5.97. The highest BCUT2D eigenvalue weighted by Crippen LogP contribution is 2.45. The first kappa shape index (κ1) is 15.7. The first-order chi connectivity index (χ1) is 10.6. The second kappa shape index (κ2) is 6.52. The lowest BCUT2D eigenvalue weighted by atomic mass is 9.73. The third kappa shape index (κ3) is 2.85. The van der Waals surface area contributed by atoms with Crippen LogP contribution < -0.4 is 4.74 Å². The predicted octanol–water partition coefficient (Wildman–Crippen LogP) is 6.11. The molecule has 1 nitrogen and oxygen atoms in total. The van der Waals surface area contributed by atoms with Gasteiger partial charge in [-0.05, 0) is 48.1 Å². The molecule has 3 heteroatoms. The molecule has 1 aliphatic carbocycles. The molecule has 3 rings (SSSR count). The van der Waals surface area contributed by atoms with E-state index >= 15 is 0 Å². The Kier molecular flexibility index (Phi) is 4.65. The van der Waals surface area contributed by atoms with E-state index in [0.29, 0.717) is 21.9 Å². The fourth-order valence-electron chi connectivity index (χ4n) is 3.53. The van der Waals surface area contributed by atoms with Gasteiger partial charge in [0.25, 0.3) is 0 Å². The SMILES string of the molecule is CC[C@@H]1Cc2cccc(OC)c2[C@H](c2ccc(Cl)c(Cl)c2)C1. The Hall–Kier alpha value is -1.18. The Morgan fingerprint density at radius 3 is 2.64 bits per heavy atom. The van der Waals surface area contributed by atoms with Crippen molar-refractivity contribution in [2.45, 2.75) is 32.1 Å². The minimum atomic E-state index is 0.319. The molecular formula is C19H20Cl2O. The van der Waals surface area contributed by atoms with Crippen molar-refractivity contribution >= 4 is 23.2 Å². The molecule has 1 aliphatic rings. The van der Waals surface area contributed by atoms with Crippen molar-refractivity contribution in [3.8, 4) is 5.75 Å². The molecule has 0 aromatic heterocycles. The number of methoxy groups -OCH3 is 1. The number of halogens is 2. The Morgan fingerprint density at radius 2 is 1.95 bits per heavy atom. The Bertz CT molecular complexity index is 681. The van der Waals surface area contributed by atoms with E-state index in [1.165, 1.54) is 23.1 Å². The summed E-state index contributed by atoms with van der Waals surface area (Å²) in [5, 5.41) is 1.22. The summed E-state index contributed by atoms with van der Waals surface area (Å²) in [6.07, 6.45) is 3.44. The van der Waals surface area contributed by atoms with Gasteiger partial charge in [0.2, 0.25) is 0 Å². The van der Waals surface area contributed by atoms with Crippen molar-refractivity contribution in [2.24, 2.45) is 5.92 Å². The molecule has 116 valence electrons. The molecule has 2 aromatic rings. The van der Waals surface area contributed by atoms with Crippen LogP contribution in [0.5, 0.6) is 5.75 Å². The smallest absolute Gasteiger partial charge is 0.122 e. The van der Waals surface area contributed by atoms with E-state index in [4.69, 9.17) is 27.9 Å². The van der Waals surface area contributed by atoms with Crippen LogP contribution in [0.1, 0.15) is 42.4 Å². The fraction of sp³-hybridized carbons (Fsp3) is 0.368. The molecular weight excluding hydrogens is 315 g/mol. The molecule has 0 bridgehead atoms. The molecule has 2 aromatic carbocycles. The lowest BCUT2D eigenvalue weighted by molar-refractivity contribution is 0.378. The summed E-state index contributed by atoms with van der Waals surface area (Å²) >= 11 is 12.3. The van der Waals surface area contributed by atoms with Crippen LogP contribution in [-0.2, 0) is 6.42 Å². The lowest BCUT2D eigenvalue weighted by Gasteiger charge is -2.33. The Morgan fingerprint density at radius 1 is 1.14 bits per heavy atom. The highest BCUT2D eigenvalue weighted by Gasteiger charge is 2.30. The number of hydrogen-bond acceptors (Lipinski definition) is 1. The number of fused-ring (bicyclic) bond motifs is 1. The lowest BCUT2D eigenvalue weighted by Crippen LogP contribution is -2.20. The van der Waals surface area contributed by atoms with Crippen molar-refractivity contribution in [3.63, 3.8) is 0 Å². The van der Waals surface area contributed by atoms with E-state index in [9.17, 15) is 0 Å². The molecule has 0 N–H and O–H groups in total. The van der Waals surface area contributed by atoms with Gasteiger partial charge in [-0.1, -0.05) is 54.7 Å². The highest BCUT2D eigenvalue weighted by atomic mass is 35.5.